The van der Waals surface area contributed by atoms with Gasteiger partial charge in [0.05, 0.1) is 10.2 Å². The Balaban J connectivity index is 1.78. The molecule has 2 unspecified atom stereocenters. The smallest absolute Gasteiger partial charge is 0.160 e. The number of nitrogens with zero attached hydrogens (tertiary/aromatic N) is 3. The fraction of sp³-hybridized carbons (Fsp3) is 0.667. The maximum Gasteiger partial charge on any atom is 0.160 e. The first-order valence-electron chi connectivity index (χ1n) is 6.34. The Bertz CT molecular complexity index is 442. The van der Waals surface area contributed by atoms with Crippen molar-refractivity contribution in [1.82, 2.24) is 14.9 Å². The van der Waals surface area contributed by atoms with Gasteiger partial charge in [-0.3, -0.25) is 4.90 Å². The van der Waals surface area contributed by atoms with Gasteiger partial charge in [0, 0.05) is 25.8 Å². The number of aromatic nitrogens is 2. The number of ether oxygens (including phenoxy) is 1. The lowest BCUT2D eigenvalue weighted by Gasteiger charge is -2.34. The third-order valence-electron chi connectivity index (χ3n) is 3.68. The molecule has 1 N–H and O–H groups in total. The Morgan fingerprint density at radius 1 is 1.56 bits per heavy atom. The van der Waals surface area contributed by atoms with Crippen molar-refractivity contribution in [2.45, 2.75) is 25.0 Å². The van der Waals surface area contributed by atoms with Crippen molar-refractivity contribution in [2.24, 2.45) is 0 Å². The molecule has 2 fully saturated rings. The van der Waals surface area contributed by atoms with E-state index in [1.54, 1.807) is 0 Å². The normalized spacial score (nSPS) is 28.1. The highest BCUT2D eigenvalue weighted by molar-refractivity contribution is 14.1. The summed E-state index contributed by atoms with van der Waals surface area (Å²) in [4.78, 5) is 11.5. The molecule has 1 aromatic heterocycles. The highest BCUT2D eigenvalue weighted by atomic mass is 127. The third kappa shape index (κ3) is 2.33. The maximum atomic E-state index is 5.92. The molecule has 2 aliphatic heterocycles. The average Bonchev–Trinajstić information content (AvgIpc) is 2.86. The second kappa shape index (κ2) is 5.26. The maximum absolute atomic E-state index is 5.92. The second-order valence-corrected chi connectivity index (χ2v) is 5.95. The molecule has 1 aromatic rings. The minimum absolute atomic E-state index is 0.0171. The van der Waals surface area contributed by atoms with Gasteiger partial charge in [-0.15, -0.1) is 0 Å². The summed E-state index contributed by atoms with van der Waals surface area (Å²) in [5.41, 5.74) is 0. The van der Waals surface area contributed by atoms with E-state index in [0.717, 1.165) is 28.4 Å². The van der Waals surface area contributed by atoms with Gasteiger partial charge in [0.25, 0.3) is 0 Å². The van der Waals surface area contributed by atoms with Crippen molar-refractivity contribution < 1.29 is 4.74 Å². The molecule has 0 bridgehead atoms. The van der Waals surface area contributed by atoms with Gasteiger partial charge in [-0.05, 0) is 42.0 Å². The molecule has 2 aliphatic rings. The monoisotopic (exact) mass is 360 g/mol. The number of hydrogen-bond donors (Lipinski definition) is 1. The van der Waals surface area contributed by atoms with Crippen LogP contribution in [0.15, 0.2) is 6.20 Å². The standard InChI is InChI=1S/C12H17IN4O/c1-14-11-9(13)5-15-12(16-11)10-6-17-4-2-3-8(17)7-18-10/h5,8,10H,2-4,6-7H2,1H3,(H,14,15,16). The number of anilines is 1. The molecule has 0 spiro atoms. The first-order valence-corrected chi connectivity index (χ1v) is 7.41. The van der Waals surface area contributed by atoms with Crippen LogP contribution in [0.2, 0.25) is 0 Å². The van der Waals surface area contributed by atoms with Crippen molar-refractivity contribution in [2.75, 3.05) is 32.1 Å². The summed E-state index contributed by atoms with van der Waals surface area (Å²) in [6.07, 6.45) is 4.43. The lowest BCUT2D eigenvalue weighted by Crippen LogP contribution is -2.42. The van der Waals surface area contributed by atoms with Crippen LogP contribution >= 0.6 is 22.6 Å². The first-order chi connectivity index (χ1) is 8.78. The summed E-state index contributed by atoms with van der Waals surface area (Å²) in [7, 11) is 1.88. The molecular formula is C12H17IN4O. The summed E-state index contributed by atoms with van der Waals surface area (Å²) in [6, 6.07) is 0.619. The Morgan fingerprint density at radius 2 is 2.44 bits per heavy atom. The molecule has 3 heterocycles. The highest BCUT2D eigenvalue weighted by Gasteiger charge is 2.34. The first kappa shape index (κ1) is 12.6. The molecule has 2 atom stereocenters. The number of rotatable bonds is 2. The topological polar surface area (TPSA) is 50.3 Å². The molecule has 0 amide bonds. The van der Waals surface area contributed by atoms with Crippen molar-refractivity contribution in [3.05, 3.63) is 15.6 Å². The van der Waals surface area contributed by atoms with E-state index in [1.807, 2.05) is 13.2 Å². The van der Waals surface area contributed by atoms with Crippen molar-refractivity contribution in [1.29, 1.82) is 0 Å². The Hall–Kier alpha value is -0.470. The summed E-state index contributed by atoms with van der Waals surface area (Å²) >= 11 is 2.23. The van der Waals surface area contributed by atoms with Crippen molar-refractivity contribution in [3.8, 4) is 0 Å². The molecule has 5 nitrogen and oxygen atoms in total. The summed E-state index contributed by atoms with van der Waals surface area (Å²) in [6.45, 7) is 2.93. The minimum Gasteiger partial charge on any atom is -0.372 e. The van der Waals surface area contributed by atoms with E-state index in [-0.39, 0.29) is 6.10 Å². The minimum atomic E-state index is 0.0171. The molecule has 0 saturated carbocycles. The second-order valence-electron chi connectivity index (χ2n) is 4.79. The number of hydrogen-bond acceptors (Lipinski definition) is 5. The van der Waals surface area contributed by atoms with Crippen molar-refractivity contribution >= 4 is 28.4 Å². The van der Waals surface area contributed by atoms with Crippen LogP contribution in [0.1, 0.15) is 24.8 Å². The highest BCUT2D eigenvalue weighted by Crippen LogP contribution is 2.29. The van der Waals surface area contributed by atoms with Gasteiger partial charge >= 0.3 is 0 Å². The van der Waals surface area contributed by atoms with Gasteiger partial charge in [-0.25, -0.2) is 9.97 Å². The van der Waals surface area contributed by atoms with E-state index in [1.165, 1.54) is 19.4 Å². The van der Waals surface area contributed by atoms with Crippen LogP contribution in [0.4, 0.5) is 5.82 Å². The molecule has 2 saturated heterocycles. The fourth-order valence-electron chi connectivity index (χ4n) is 2.68. The van der Waals surface area contributed by atoms with E-state index in [2.05, 4.69) is 42.8 Å². The van der Waals surface area contributed by atoms with E-state index < -0.39 is 0 Å². The molecule has 3 rings (SSSR count). The molecule has 0 aliphatic carbocycles. The number of fused-ring (bicyclic) bond motifs is 1. The zero-order valence-corrected chi connectivity index (χ0v) is 12.6. The number of morpholine rings is 1. The largest absolute Gasteiger partial charge is 0.372 e. The number of halogens is 1. The van der Waals surface area contributed by atoms with Crippen LogP contribution < -0.4 is 5.32 Å². The zero-order valence-electron chi connectivity index (χ0n) is 10.4. The Kier molecular flexibility index (Phi) is 3.67. The number of nitrogens with one attached hydrogen (secondary N) is 1. The van der Waals surface area contributed by atoms with Gasteiger partial charge in [0.15, 0.2) is 5.82 Å². The van der Waals surface area contributed by atoms with Gasteiger partial charge in [0.2, 0.25) is 0 Å². The molecule has 98 valence electrons. The zero-order chi connectivity index (χ0) is 12.5. The lowest BCUT2D eigenvalue weighted by molar-refractivity contribution is -0.0540. The Morgan fingerprint density at radius 3 is 3.28 bits per heavy atom. The van der Waals surface area contributed by atoms with Crippen LogP contribution in [0.3, 0.4) is 0 Å². The third-order valence-corrected chi connectivity index (χ3v) is 4.47. The van der Waals surface area contributed by atoms with Crippen LogP contribution in [0, 0.1) is 3.57 Å². The summed E-state index contributed by atoms with van der Waals surface area (Å²) in [5.74, 6) is 1.68. The predicted molar refractivity (Wildman–Crippen MR) is 77.6 cm³/mol. The van der Waals surface area contributed by atoms with Gasteiger partial charge in [0.1, 0.15) is 11.9 Å². The van der Waals surface area contributed by atoms with Gasteiger partial charge < -0.3 is 10.1 Å². The van der Waals surface area contributed by atoms with Crippen LogP contribution in [-0.4, -0.2) is 47.7 Å². The van der Waals surface area contributed by atoms with E-state index in [4.69, 9.17) is 4.74 Å². The van der Waals surface area contributed by atoms with Crippen molar-refractivity contribution in [3.63, 3.8) is 0 Å². The van der Waals surface area contributed by atoms with Gasteiger partial charge in [-0.1, -0.05) is 0 Å². The quantitative estimate of drug-likeness (QED) is 0.813. The van der Waals surface area contributed by atoms with Crippen LogP contribution in [0.5, 0.6) is 0 Å². The van der Waals surface area contributed by atoms with Crippen LogP contribution in [-0.2, 0) is 4.74 Å². The van der Waals surface area contributed by atoms with Gasteiger partial charge in [-0.2, -0.15) is 0 Å². The molecular weight excluding hydrogens is 343 g/mol. The molecule has 0 aromatic carbocycles. The van der Waals surface area contributed by atoms with E-state index >= 15 is 0 Å². The SMILES string of the molecule is CNc1nc(C2CN3CCCC3CO2)ncc1I. The molecule has 0 radical (unpaired) electrons. The van der Waals surface area contributed by atoms with E-state index in [0.29, 0.717) is 6.04 Å². The average molecular weight is 360 g/mol. The summed E-state index contributed by atoms with van der Waals surface area (Å²) in [5, 5.41) is 3.09. The van der Waals surface area contributed by atoms with Crippen LogP contribution in [0.25, 0.3) is 0 Å². The van der Waals surface area contributed by atoms with E-state index in [9.17, 15) is 0 Å². The predicted octanol–water partition coefficient (Wildman–Crippen LogP) is 1.66. The Labute approximate surface area is 120 Å². The molecule has 18 heavy (non-hydrogen) atoms. The fourth-order valence-corrected chi connectivity index (χ4v) is 3.21. The molecule has 6 heteroatoms. The lowest BCUT2D eigenvalue weighted by atomic mass is 10.2. The summed E-state index contributed by atoms with van der Waals surface area (Å²) < 4.78 is 6.96.